The van der Waals surface area contributed by atoms with Gasteiger partial charge < -0.3 is 5.11 Å². The van der Waals surface area contributed by atoms with E-state index in [1.54, 1.807) is 12.1 Å². The Balaban J connectivity index is 1.47. The van der Waals surface area contributed by atoms with E-state index in [1.165, 1.54) is 6.07 Å². The molecule has 4 rings (SSSR count). The van der Waals surface area contributed by atoms with E-state index in [0.717, 1.165) is 49.2 Å². The van der Waals surface area contributed by atoms with Gasteiger partial charge in [-0.05, 0) is 79.6 Å². The van der Waals surface area contributed by atoms with Crippen molar-refractivity contribution < 1.29 is 14.3 Å². The summed E-state index contributed by atoms with van der Waals surface area (Å²) in [4.78, 5) is 16.1. The van der Waals surface area contributed by atoms with Crippen LogP contribution in [-0.4, -0.2) is 46.6 Å². The van der Waals surface area contributed by atoms with Crippen LogP contribution in [0.15, 0.2) is 30.3 Å². The highest BCUT2D eigenvalue weighted by Crippen LogP contribution is 2.43. The van der Waals surface area contributed by atoms with Crippen molar-refractivity contribution in [3.63, 3.8) is 0 Å². The Morgan fingerprint density at radius 3 is 2.42 bits per heavy atom. The maximum absolute atomic E-state index is 14.4. The molecule has 0 bridgehead atoms. The van der Waals surface area contributed by atoms with Crippen LogP contribution in [0.1, 0.15) is 65.7 Å². The van der Waals surface area contributed by atoms with Crippen LogP contribution in [0.5, 0.6) is 0 Å². The van der Waals surface area contributed by atoms with Gasteiger partial charge in [-0.25, -0.2) is 9.18 Å². The molecule has 0 unspecified atom stereocenters. The summed E-state index contributed by atoms with van der Waals surface area (Å²) < 4.78 is 14.4. The SMILES string of the molecule is C[C@@H]1CN(Cc2cc(F)c(C(=O)O)cc2C2CC2)CCN1[C@@H](C)c1cc(Cl)cc(Cl)c1. The summed E-state index contributed by atoms with van der Waals surface area (Å²) in [5, 5.41) is 10.6. The minimum absolute atomic E-state index is 0.183. The van der Waals surface area contributed by atoms with E-state index >= 15 is 0 Å². The van der Waals surface area contributed by atoms with E-state index in [4.69, 9.17) is 23.2 Å². The second-order valence-electron chi connectivity index (χ2n) is 8.81. The van der Waals surface area contributed by atoms with E-state index in [-0.39, 0.29) is 11.6 Å². The zero-order chi connectivity index (χ0) is 22.3. The van der Waals surface area contributed by atoms with Crippen LogP contribution in [-0.2, 0) is 6.54 Å². The lowest BCUT2D eigenvalue weighted by Gasteiger charge is -2.43. The molecule has 0 aromatic heterocycles. The van der Waals surface area contributed by atoms with E-state index < -0.39 is 11.8 Å². The molecule has 31 heavy (non-hydrogen) atoms. The van der Waals surface area contributed by atoms with Gasteiger partial charge in [0.25, 0.3) is 0 Å². The first kappa shape index (κ1) is 22.5. The highest BCUT2D eigenvalue weighted by atomic mass is 35.5. The van der Waals surface area contributed by atoms with Gasteiger partial charge in [0.15, 0.2) is 0 Å². The number of hydrogen-bond donors (Lipinski definition) is 1. The quantitative estimate of drug-likeness (QED) is 0.571. The van der Waals surface area contributed by atoms with E-state index in [0.29, 0.717) is 28.5 Å². The van der Waals surface area contributed by atoms with Crippen LogP contribution >= 0.6 is 23.2 Å². The fraction of sp³-hybridized carbons (Fsp3) is 0.458. The highest BCUT2D eigenvalue weighted by Gasteiger charge is 2.31. The van der Waals surface area contributed by atoms with Crippen LogP contribution in [0, 0.1) is 5.82 Å². The Hall–Kier alpha value is -1.66. The van der Waals surface area contributed by atoms with Crippen molar-refractivity contribution in [3.8, 4) is 0 Å². The number of carboxylic acid groups (broad SMARTS) is 1. The topological polar surface area (TPSA) is 43.8 Å². The van der Waals surface area contributed by atoms with E-state index in [9.17, 15) is 14.3 Å². The van der Waals surface area contributed by atoms with Gasteiger partial charge in [-0.3, -0.25) is 9.80 Å². The van der Waals surface area contributed by atoms with Crippen molar-refractivity contribution >= 4 is 29.2 Å². The molecule has 2 aromatic rings. The molecule has 1 aliphatic carbocycles. The monoisotopic (exact) mass is 464 g/mol. The summed E-state index contributed by atoms with van der Waals surface area (Å²) in [6, 6.07) is 9.14. The van der Waals surface area contributed by atoms with Crippen molar-refractivity contribution in [2.24, 2.45) is 0 Å². The molecule has 1 heterocycles. The van der Waals surface area contributed by atoms with Gasteiger partial charge in [0.2, 0.25) is 0 Å². The lowest BCUT2D eigenvalue weighted by atomic mass is 9.98. The number of rotatable bonds is 6. The van der Waals surface area contributed by atoms with Crippen LogP contribution in [0.25, 0.3) is 0 Å². The summed E-state index contributed by atoms with van der Waals surface area (Å²) in [7, 11) is 0. The minimum Gasteiger partial charge on any atom is -0.478 e. The summed E-state index contributed by atoms with van der Waals surface area (Å²) in [6.45, 7) is 7.59. The standard InChI is InChI=1S/C24H27Cl2FN2O2/c1-14-12-28(5-6-29(14)15(2)17-7-19(25)10-20(26)8-17)13-18-9-23(27)22(24(30)31)11-21(18)16-3-4-16/h7-11,14-16H,3-6,12-13H2,1-2H3,(H,30,31)/t14-,15+/m1/s1. The summed E-state index contributed by atoms with van der Waals surface area (Å²) in [5.41, 5.74) is 2.79. The first-order valence-electron chi connectivity index (χ1n) is 10.7. The number of aromatic carboxylic acids is 1. The predicted molar refractivity (Wildman–Crippen MR) is 122 cm³/mol. The fourth-order valence-electron chi connectivity index (χ4n) is 4.72. The number of piperazine rings is 1. The Morgan fingerprint density at radius 1 is 1.16 bits per heavy atom. The number of nitrogens with zero attached hydrogens (tertiary/aromatic N) is 2. The summed E-state index contributed by atoms with van der Waals surface area (Å²) in [5.74, 6) is -1.49. The summed E-state index contributed by atoms with van der Waals surface area (Å²) in [6.07, 6.45) is 2.09. The molecular formula is C24H27Cl2FN2O2. The third kappa shape index (κ3) is 5.06. The normalized spacial score (nSPS) is 21.3. The second kappa shape index (κ2) is 9.07. The maximum Gasteiger partial charge on any atom is 0.338 e. The molecule has 1 N–H and O–H groups in total. The third-order valence-corrected chi connectivity index (χ3v) is 6.93. The second-order valence-corrected chi connectivity index (χ2v) is 9.68. The predicted octanol–water partition coefficient (Wildman–Crippen LogP) is 5.98. The van der Waals surface area contributed by atoms with Crippen molar-refractivity contribution in [1.82, 2.24) is 9.80 Å². The molecule has 4 nitrogen and oxygen atoms in total. The van der Waals surface area contributed by atoms with Crippen LogP contribution in [0.3, 0.4) is 0 Å². The highest BCUT2D eigenvalue weighted by molar-refractivity contribution is 6.34. The number of carboxylic acids is 1. The van der Waals surface area contributed by atoms with E-state index in [1.807, 2.05) is 12.1 Å². The maximum atomic E-state index is 14.4. The Kier molecular flexibility index (Phi) is 6.59. The molecule has 0 spiro atoms. The number of carbonyl (C=O) groups is 1. The summed E-state index contributed by atoms with van der Waals surface area (Å²) >= 11 is 12.4. The smallest absolute Gasteiger partial charge is 0.338 e. The molecule has 0 radical (unpaired) electrons. The zero-order valence-corrected chi connectivity index (χ0v) is 19.3. The van der Waals surface area contributed by atoms with Gasteiger partial charge in [0, 0.05) is 48.3 Å². The lowest BCUT2D eigenvalue weighted by Crippen LogP contribution is -2.52. The Bertz CT molecular complexity index is 976. The minimum atomic E-state index is -1.21. The molecule has 166 valence electrons. The number of halogens is 3. The molecular weight excluding hydrogens is 438 g/mol. The van der Waals surface area contributed by atoms with Gasteiger partial charge in [-0.2, -0.15) is 0 Å². The molecule has 2 fully saturated rings. The first-order chi connectivity index (χ1) is 14.7. The largest absolute Gasteiger partial charge is 0.478 e. The number of hydrogen-bond acceptors (Lipinski definition) is 3. The van der Waals surface area contributed by atoms with E-state index in [2.05, 4.69) is 23.6 Å². The van der Waals surface area contributed by atoms with Crippen molar-refractivity contribution in [1.29, 1.82) is 0 Å². The molecule has 0 amide bonds. The molecule has 2 aliphatic rings. The number of benzene rings is 2. The van der Waals surface area contributed by atoms with Gasteiger partial charge >= 0.3 is 5.97 Å². The average molecular weight is 465 g/mol. The molecule has 1 aliphatic heterocycles. The molecule has 1 saturated heterocycles. The van der Waals surface area contributed by atoms with Gasteiger partial charge in [0.1, 0.15) is 5.82 Å². The van der Waals surface area contributed by atoms with Gasteiger partial charge in [-0.1, -0.05) is 23.2 Å². The first-order valence-corrected chi connectivity index (χ1v) is 11.5. The Labute approximate surface area is 192 Å². The van der Waals surface area contributed by atoms with Crippen LogP contribution in [0.4, 0.5) is 4.39 Å². The average Bonchev–Trinajstić information content (AvgIpc) is 3.52. The van der Waals surface area contributed by atoms with Crippen LogP contribution < -0.4 is 0 Å². The van der Waals surface area contributed by atoms with Crippen molar-refractivity contribution in [2.45, 2.75) is 51.2 Å². The zero-order valence-electron chi connectivity index (χ0n) is 17.7. The molecule has 7 heteroatoms. The molecule has 2 aromatic carbocycles. The van der Waals surface area contributed by atoms with Crippen molar-refractivity contribution in [2.75, 3.05) is 19.6 Å². The Morgan fingerprint density at radius 2 is 1.84 bits per heavy atom. The lowest BCUT2D eigenvalue weighted by molar-refractivity contribution is 0.0503. The van der Waals surface area contributed by atoms with Crippen molar-refractivity contribution in [3.05, 3.63) is 68.4 Å². The van der Waals surface area contributed by atoms with Gasteiger partial charge in [0.05, 0.1) is 5.56 Å². The van der Waals surface area contributed by atoms with Gasteiger partial charge in [-0.15, -0.1) is 0 Å². The third-order valence-electron chi connectivity index (χ3n) is 6.50. The fourth-order valence-corrected chi connectivity index (χ4v) is 5.26. The molecule has 2 atom stereocenters. The van der Waals surface area contributed by atoms with Crippen LogP contribution in [0.2, 0.25) is 10.0 Å². The molecule has 1 saturated carbocycles.